The number of nitrogens with one attached hydrogen (secondary N) is 1. The molecule has 0 amide bonds. The van der Waals surface area contributed by atoms with Gasteiger partial charge in [-0.15, -0.1) is 0 Å². The highest BCUT2D eigenvalue weighted by atomic mass is 32.1. The Bertz CT molecular complexity index is 1190. The molecule has 1 saturated heterocycles. The summed E-state index contributed by atoms with van der Waals surface area (Å²) in [5.74, 6) is -0.274. The Morgan fingerprint density at radius 1 is 0.935 bits per heavy atom. The van der Waals surface area contributed by atoms with E-state index in [-0.39, 0.29) is 17.9 Å². The molecule has 1 aliphatic heterocycles. The lowest BCUT2D eigenvalue weighted by Gasteiger charge is -2.29. The van der Waals surface area contributed by atoms with Gasteiger partial charge in [0.05, 0.1) is 23.5 Å². The third-order valence-corrected chi connectivity index (χ3v) is 5.85. The molecule has 5 nitrogen and oxygen atoms in total. The summed E-state index contributed by atoms with van der Waals surface area (Å²) in [7, 11) is 0. The minimum Gasteiger partial charge on any atom is -0.352 e. The minimum absolute atomic E-state index is 0.170. The standard InChI is InChI=1S/C24H20FN5S/c25-18-6-1-2-8-20(18)29-15-5-9-21(29)23-22(19-7-3-4-12-27-19)28-24(31)30(23)16-17-10-13-26-14-11-17/h1-15,22-23H,16H2,(H,28,31). The van der Waals surface area contributed by atoms with Crippen molar-refractivity contribution in [1.29, 1.82) is 0 Å². The number of hydrogen-bond donors (Lipinski definition) is 1. The van der Waals surface area contributed by atoms with Gasteiger partial charge in [-0.3, -0.25) is 9.97 Å². The zero-order chi connectivity index (χ0) is 21.2. The third-order valence-electron chi connectivity index (χ3n) is 5.50. The van der Waals surface area contributed by atoms with Gasteiger partial charge in [-0.2, -0.15) is 0 Å². The molecular formula is C24H20FN5S. The van der Waals surface area contributed by atoms with E-state index in [2.05, 4.69) is 20.2 Å². The number of nitrogens with zero attached hydrogens (tertiary/aromatic N) is 4. The molecule has 1 fully saturated rings. The molecule has 0 spiro atoms. The Hall–Kier alpha value is -3.58. The van der Waals surface area contributed by atoms with Gasteiger partial charge in [0.25, 0.3) is 0 Å². The van der Waals surface area contributed by atoms with E-state index in [9.17, 15) is 4.39 Å². The van der Waals surface area contributed by atoms with E-state index >= 15 is 0 Å². The molecule has 2 unspecified atom stereocenters. The van der Waals surface area contributed by atoms with E-state index in [1.807, 2.05) is 59.3 Å². The van der Waals surface area contributed by atoms with Crippen LogP contribution in [0, 0.1) is 5.82 Å². The number of hydrogen-bond acceptors (Lipinski definition) is 3. The lowest BCUT2D eigenvalue weighted by molar-refractivity contribution is 0.302. The quantitative estimate of drug-likeness (QED) is 0.471. The predicted octanol–water partition coefficient (Wildman–Crippen LogP) is 4.58. The Labute approximate surface area is 185 Å². The first-order valence-corrected chi connectivity index (χ1v) is 10.4. The number of pyridine rings is 2. The number of benzene rings is 1. The average Bonchev–Trinajstić information content (AvgIpc) is 3.40. The molecule has 0 saturated carbocycles. The molecule has 3 aromatic heterocycles. The van der Waals surface area contributed by atoms with Gasteiger partial charge in [0, 0.05) is 37.0 Å². The molecular weight excluding hydrogens is 409 g/mol. The van der Waals surface area contributed by atoms with Crippen LogP contribution in [0.5, 0.6) is 0 Å². The first-order valence-electron chi connectivity index (χ1n) is 10.0. The molecule has 5 rings (SSSR count). The SMILES string of the molecule is Fc1ccccc1-n1cccc1C1C(c2ccccn2)NC(=S)N1Cc1ccncc1. The van der Waals surface area contributed by atoms with Gasteiger partial charge in [-0.05, 0) is 66.3 Å². The lowest BCUT2D eigenvalue weighted by atomic mass is 10.0. The molecule has 0 bridgehead atoms. The Morgan fingerprint density at radius 2 is 1.74 bits per heavy atom. The van der Waals surface area contributed by atoms with Crippen molar-refractivity contribution < 1.29 is 4.39 Å². The first kappa shape index (κ1) is 19.4. The van der Waals surface area contributed by atoms with E-state index in [1.54, 1.807) is 30.7 Å². The Balaban J connectivity index is 1.62. The normalized spacial score (nSPS) is 18.2. The highest BCUT2D eigenvalue weighted by Gasteiger charge is 2.41. The maximum absolute atomic E-state index is 14.7. The number of halogens is 1. The van der Waals surface area contributed by atoms with Crippen molar-refractivity contribution in [1.82, 2.24) is 24.8 Å². The van der Waals surface area contributed by atoms with Gasteiger partial charge in [0.2, 0.25) is 0 Å². The van der Waals surface area contributed by atoms with Crippen molar-refractivity contribution in [3.05, 3.63) is 114 Å². The van der Waals surface area contributed by atoms with Crippen LogP contribution in [-0.4, -0.2) is 24.5 Å². The van der Waals surface area contributed by atoms with E-state index in [1.165, 1.54) is 6.07 Å². The molecule has 2 atom stereocenters. The zero-order valence-corrected chi connectivity index (χ0v) is 17.4. The first-order chi connectivity index (χ1) is 15.2. The summed E-state index contributed by atoms with van der Waals surface area (Å²) in [6.07, 6.45) is 7.21. The molecule has 154 valence electrons. The molecule has 4 heterocycles. The monoisotopic (exact) mass is 429 g/mol. The Kier molecular flexibility index (Phi) is 5.18. The molecule has 0 aliphatic carbocycles. The van der Waals surface area contributed by atoms with Crippen LogP contribution >= 0.6 is 12.2 Å². The number of para-hydroxylation sites is 1. The summed E-state index contributed by atoms with van der Waals surface area (Å²) in [6.45, 7) is 0.602. The molecule has 1 aromatic carbocycles. The molecule has 1 N–H and O–H groups in total. The molecule has 1 aliphatic rings. The summed E-state index contributed by atoms with van der Waals surface area (Å²) in [6, 6.07) is 20.2. The molecule has 4 aromatic rings. The van der Waals surface area contributed by atoms with Crippen LogP contribution in [0.3, 0.4) is 0 Å². The van der Waals surface area contributed by atoms with Gasteiger partial charge < -0.3 is 14.8 Å². The van der Waals surface area contributed by atoms with Crippen LogP contribution in [0.2, 0.25) is 0 Å². The Morgan fingerprint density at radius 3 is 2.52 bits per heavy atom. The summed E-state index contributed by atoms with van der Waals surface area (Å²) in [4.78, 5) is 10.8. The fourth-order valence-corrected chi connectivity index (χ4v) is 4.39. The number of aromatic nitrogens is 3. The zero-order valence-electron chi connectivity index (χ0n) is 16.6. The highest BCUT2D eigenvalue weighted by Crippen LogP contribution is 2.40. The summed E-state index contributed by atoms with van der Waals surface area (Å²) < 4.78 is 16.6. The van der Waals surface area contributed by atoms with Gasteiger partial charge in [0.15, 0.2) is 5.11 Å². The van der Waals surface area contributed by atoms with Crippen molar-refractivity contribution in [3.63, 3.8) is 0 Å². The number of thiocarbonyl (C=S) groups is 1. The lowest BCUT2D eigenvalue weighted by Crippen LogP contribution is -2.30. The smallest absolute Gasteiger partial charge is 0.170 e. The van der Waals surface area contributed by atoms with Crippen LogP contribution in [0.25, 0.3) is 5.69 Å². The van der Waals surface area contributed by atoms with Crippen molar-refractivity contribution in [2.75, 3.05) is 0 Å². The summed E-state index contributed by atoms with van der Waals surface area (Å²) in [5, 5.41) is 4.08. The minimum atomic E-state index is -0.274. The fourth-order valence-electron chi connectivity index (χ4n) is 4.08. The van der Waals surface area contributed by atoms with E-state index in [0.29, 0.717) is 17.3 Å². The summed E-state index contributed by atoms with van der Waals surface area (Å²) in [5.41, 5.74) is 3.41. The van der Waals surface area contributed by atoms with Crippen molar-refractivity contribution in [3.8, 4) is 5.69 Å². The second-order valence-electron chi connectivity index (χ2n) is 7.36. The molecule has 7 heteroatoms. The largest absolute Gasteiger partial charge is 0.352 e. The van der Waals surface area contributed by atoms with Gasteiger partial charge >= 0.3 is 0 Å². The molecule has 31 heavy (non-hydrogen) atoms. The maximum Gasteiger partial charge on any atom is 0.170 e. The van der Waals surface area contributed by atoms with Crippen LogP contribution in [0.15, 0.2) is 91.5 Å². The predicted molar refractivity (Wildman–Crippen MR) is 121 cm³/mol. The second kappa shape index (κ2) is 8.28. The highest BCUT2D eigenvalue weighted by molar-refractivity contribution is 7.80. The van der Waals surface area contributed by atoms with Crippen LogP contribution in [0.4, 0.5) is 4.39 Å². The van der Waals surface area contributed by atoms with Crippen molar-refractivity contribution >= 4 is 17.3 Å². The van der Waals surface area contributed by atoms with Crippen LogP contribution in [0.1, 0.15) is 29.0 Å². The van der Waals surface area contributed by atoms with Gasteiger partial charge in [0.1, 0.15) is 5.82 Å². The molecule has 0 radical (unpaired) electrons. The third kappa shape index (κ3) is 3.68. The van der Waals surface area contributed by atoms with Gasteiger partial charge in [-0.1, -0.05) is 18.2 Å². The van der Waals surface area contributed by atoms with Crippen LogP contribution in [-0.2, 0) is 6.54 Å². The van der Waals surface area contributed by atoms with Crippen molar-refractivity contribution in [2.45, 2.75) is 18.6 Å². The average molecular weight is 430 g/mol. The van der Waals surface area contributed by atoms with E-state index in [0.717, 1.165) is 17.0 Å². The number of rotatable bonds is 5. The summed E-state index contributed by atoms with van der Waals surface area (Å²) >= 11 is 5.74. The second-order valence-corrected chi connectivity index (χ2v) is 7.75. The maximum atomic E-state index is 14.7. The van der Waals surface area contributed by atoms with Crippen molar-refractivity contribution in [2.24, 2.45) is 0 Å². The van der Waals surface area contributed by atoms with E-state index in [4.69, 9.17) is 12.2 Å². The topological polar surface area (TPSA) is 46.0 Å². The fraction of sp³-hybridized carbons (Fsp3) is 0.125. The van der Waals surface area contributed by atoms with Crippen LogP contribution < -0.4 is 5.32 Å². The van der Waals surface area contributed by atoms with E-state index < -0.39 is 0 Å². The van der Waals surface area contributed by atoms with Gasteiger partial charge in [-0.25, -0.2) is 4.39 Å².